The summed E-state index contributed by atoms with van der Waals surface area (Å²) in [5, 5.41) is 4.63. The lowest BCUT2D eigenvalue weighted by Gasteiger charge is -2.27. The minimum Gasteiger partial charge on any atom is -0.456 e. The fourth-order valence-electron chi connectivity index (χ4n) is 4.32. The van der Waals surface area contributed by atoms with Crippen molar-refractivity contribution in [2.45, 2.75) is 0 Å². The Hall–Kier alpha value is -4.04. The van der Waals surface area contributed by atoms with Crippen LogP contribution in [0, 0.1) is 0 Å². The normalized spacial score (nSPS) is 11.3. The van der Waals surface area contributed by atoms with Gasteiger partial charge < -0.3 is 9.32 Å². The number of hydrogen-bond acceptors (Lipinski definition) is 2. The lowest BCUT2D eigenvalue weighted by Crippen LogP contribution is -2.10. The Morgan fingerprint density at radius 1 is 0.500 bits per heavy atom. The Morgan fingerprint density at radius 3 is 1.77 bits per heavy atom. The standard InChI is InChI=1S/C28H19NO/c1-3-12-21(13-4-1)29(22-14-5-2-6-15-22)28-23-16-8-7-11-20(23)19-26-27(28)24-17-9-10-18-25(24)30-26/h1-19H. The van der Waals surface area contributed by atoms with Gasteiger partial charge in [-0.05, 0) is 41.8 Å². The van der Waals surface area contributed by atoms with Crippen LogP contribution in [0.4, 0.5) is 17.1 Å². The highest BCUT2D eigenvalue weighted by atomic mass is 16.3. The van der Waals surface area contributed by atoms with Crippen molar-refractivity contribution >= 4 is 49.8 Å². The zero-order valence-electron chi connectivity index (χ0n) is 16.3. The fraction of sp³-hybridized carbons (Fsp3) is 0. The number of rotatable bonds is 3. The van der Waals surface area contributed by atoms with Crippen molar-refractivity contribution < 1.29 is 4.42 Å². The van der Waals surface area contributed by atoms with E-state index in [4.69, 9.17) is 4.42 Å². The molecule has 0 unspecified atom stereocenters. The molecule has 5 aromatic carbocycles. The number of nitrogens with zero attached hydrogens (tertiary/aromatic N) is 1. The number of furan rings is 1. The monoisotopic (exact) mass is 385 g/mol. The van der Waals surface area contributed by atoms with Crippen molar-refractivity contribution in [3.05, 3.63) is 115 Å². The zero-order valence-corrected chi connectivity index (χ0v) is 16.3. The summed E-state index contributed by atoms with van der Waals surface area (Å²) in [6.45, 7) is 0. The molecule has 30 heavy (non-hydrogen) atoms. The smallest absolute Gasteiger partial charge is 0.138 e. The number of anilines is 3. The lowest BCUT2D eigenvalue weighted by molar-refractivity contribution is 0.669. The molecular weight excluding hydrogens is 366 g/mol. The van der Waals surface area contributed by atoms with Gasteiger partial charge in [0.15, 0.2) is 0 Å². The van der Waals surface area contributed by atoms with Gasteiger partial charge in [0.1, 0.15) is 11.2 Å². The molecule has 0 aliphatic rings. The molecule has 0 radical (unpaired) electrons. The molecule has 2 heteroatoms. The van der Waals surface area contributed by atoms with E-state index in [1.807, 2.05) is 12.1 Å². The Balaban J connectivity index is 1.82. The second-order valence-corrected chi connectivity index (χ2v) is 7.42. The van der Waals surface area contributed by atoms with Crippen molar-refractivity contribution in [2.24, 2.45) is 0 Å². The molecule has 0 bridgehead atoms. The van der Waals surface area contributed by atoms with Crippen LogP contribution in [0.3, 0.4) is 0 Å². The number of hydrogen-bond donors (Lipinski definition) is 0. The third-order valence-corrected chi connectivity index (χ3v) is 5.61. The summed E-state index contributed by atoms with van der Waals surface area (Å²) in [4.78, 5) is 2.34. The molecule has 0 atom stereocenters. The van der Waals surface area contributed by atoms with Crippen molar-refractivity contribution in [1.29, 1.82) is 0 Å². The van der Waals surface area contributed by atoms with E-state index in [0.717, 1.165) is 44.4 Å². The van der Waals surface area contributed by atoms with Gasteiger partial charge in [-0.2, -0.15) is 0 Å². The molecule has 0 spiro atoms. The van der Waals surface area contributed by atoms with E-state index in [-0.39, 0.29) is 0 Å². The molecule has 0 saturated heterocycles. The average molecular weight is 385 g/mol. The van der Waals surface area contributed by atoms with Gasteiger partial charge in [0.2, 0.25) is 0 Å². The van der Waals surface area contributed by atoms with Crippen LogP contribution in [0.5, 0.6) is 0 Å². The van der Waals surface area contributed by atoms with Crippen molar-refractivity contribution in [1.82, 2.24) is 0 Å². The molecule has 2 nitrogen and oxygen atoms in total. The minimum atomic E-state index is 0.904. The van der Waals surface area contributed by atoms with Crippen LogP contribution in [0.15, 0.2) is 120 Å². The van der Waals surface area contributed by atoms with Crippen LogP contribution in [-0.4, -0.2) is 0 Å². The van der Waals surface area contributed by atoms with Crippen molar-refractivity contribution in [2.75, 3.05) is 4.90 Å². The summed E-state index contributed by atoms with van der Waals surface area (Å²) in [5.74, 6) is 0. The van der Waals surface area contributed by atoms with E-state index in [1.54, 1.807) is 0 Å². The van der Waals surface area contributed by atoms with E-state index in [2.05, 4.69) is 108 Å². The number of para-hydroxylation sites is 3. The second-order valence-electron chi connectivity index (χ2n) is 7.42. The van der Waals surface area contributed by atoms with Gasteiger partial charge in [-0.3, -0.25) is 0 Å². The van der Waals surface area contributed by atoms with Crippen LogP contribution < -0.4 is 4.90 Å². The molecule has 0 saturated carbocycles. The van der Waals surface area contributed by atoms with Crippen LogP contribution in [-0.2, 0) is 0 Å². The highest BCUT2D eigenvalue weighted by Gasteiger charge is 2.21. The first kappa shape index (κ1) is 16.9. The predicted octanol–water partition coefficient (Wildman–Crippen LogP) is 8.21. The van der Waals surface area contributed by atoms with E-state index in [1.165, 1.54) is 5.39 Å². The molecular formula is C28H19NO. The van der Waals surface area contributed by atoms with Gasteiger partial charge in [0, 0.05) is 22.1 Å². The lowest BCUT2D eigenvalue weighted by atomic mass is 10.0. The van der Waals surface area contributed by atoms with E-state index >= 15 is 0 Å². The molecule has 0 amide bonds. The van der Waals surface area contributed by atoms with Gasteiger partial charge in [0.05, 0.1) is 11.1 Å². The first-order chi connectivity index (χ1) is 14.9. The molecule has 0 aliphatic heterocycles. The molecule has 142 valence electrons. The van der Waals surface area contributed by atoms with E-state index < -0.39 is 0 Å². The quantitative estimate of drug-likeness (QED) is 0.305. The van der Waals surface area contributed by atoms with Gasteiger partial charge in [-0.15, -0.1) is 0 Å². The summed E-state index contributed by atoms with van der Waals surface area (Å²) in [5.41, 5.74) is 5.19. The molecule has 0 N–H and O–H groups in total. The fourth-order valence-corrected chi connectivity index (χ4v) is 4.32. The third-order valence-electron chi connectivity index (χ3n) is 5.61. The van der Waals surface area contributed by atoms with Gasteiger partial charge in [-0.25, -0.2) is 0 Å². The highest BCUT2D eigenvalue weighted by Crippen LogP contribution is 2.46. The number of fused-ring (bicyclic) bond motifs is 4. The largest absolute Gasteiger partial charge is 0.456 e. The summed E-state index contributed by atoms with van der Waals surface area (Å²) >= 11 is 0. The zero-order chi connectivity index (χ0) is 19.9. The second kappa shape index (κ2) is 6.78. The van der Waals surface area contributed by atoms with Crippen LogP contribution in [0.1, 0.15) is 0 Å². The Bertz CT molecular complexity index is 1440. The van der Waals surface area contributed by atoms with Gasteiger partial charge >= 0.3 is 0 Å². The molecule has 6 aromatic rings. The third kappa shape index (κ3) is 2.58. The van der Waals surface area contributed by atoms with Gasteiger partial charge in [-0.1, -0.05) is 78.9 Å². The molecule has 1 heterocycles. The first-order valence-corrected chi connectivity index (χ1v) is 10.1. The maximum atomic E-state index is 6.30. The van der Waals surface area contributed by atoms with Crippen LogP contribution in [0.2, 0.25) is 0 Å². The van der Waals surface area contributed by atoms with E-state index in [0.29, 0.717) is 0 Å². The summed E-state index contributed by atoms with van der Waals surface area (Å²) in [6, 6.07) is 40.0. The topological polar surface area (TPSA) is 16.4 Å². The van der Waals surface area contributed by atoms with Crippen LogP contribution >= 0.6 is 0 Å². The van der Waals surface area contributed by atoms with Crippen LogP contribution in [0.25, 0.3) is 32.7 Å². The van der Waals surface area contributed by atoms with Crippen molar-refractivity contribution in [3.63, 3.8) is 0 Å². The maximum absolute atomic E-state index is 6.30. The summed E-state index contributed by atoms with van der Waals surface area (Å²) in [7, 11) is 0. The predicted molar refractivity (Wildman–Crippen MR) is 126 cm³/mol. The van der Waals surface area contributed by atoms with Gasteiger partial charge in [0.25, 0.3) is 0 Å². The Kier molecular flexibility index (Phi) is 3.82. The maximum Gasteiger partial charge on any atom is 0.138 e. The molecule has 1 aromatic heterocycles. The highest BCUT2D eigenvalue weighted by molar-refractivity contribution is 6.21. The Morgan fingerprint density at radius 2 is 1.07 bits per heavy atom. The average Bonchev–Trinajstić information content (AvgIpc) is 3.18. The molecule has 0 aliphatic carbocycles. The summed E-state index contributed by atoms with van der Waals surface area (Å²) in [6.07, 6.45) is 0. The van der Waals surface area contributed by atoms with E-state index in [9.17, 15) is 0 Å². The summed E-state index contributed by atoms with van der Waals surface area (Å²) < 4.78 is 6.30. The molecule has 0 fully saturated rings. The Labute approximate surface area is 174 Å². The first-order valence-electron chi connectivity index (χ1n) is 10.1. The number of benzene rings is 5. The SMILES string of the molecule is c1ccc(N(c2ccccc2)c2c3ccccc3cc3oc4ccccc4c23)cc1. The minimum absolute atomic E-state index is 0.904. The molecule has 6 rings (SSSR count). The van der Waals surface area contributed by atoms with Crippen molar-refractivity contribution in [3.8, 4) is 0 Å².